The van der Waals surface area contributed by atoms with Gasteiger partial charge in [0.1, 0.15) is 10.7 Å². The number of hydrogen-bond acceptors (Lipinski definition) is 5. The van der Waals surface area contributed by atoms with Crippen LogP contribution in [0.5, 0.6) is 0 Å². The van der Waals surface area contributed by atoms with Gasteiger partial charge in [-0.2, -0.15) is 0 Å². The van der Waals surface area contributed by atoms with E-state index in [2.05, 4.69) is 0 Å². The van der Waals surface area contributed by atoms with E-state index < -0.39 is 15.9 Å². The van der Waals surface area contributed by atoms with Crippen molar-refractivity contribution >= 4 is 39.7 Å². The number of aryl methyl sites for hydroxylation is 1. The van der Waals surface area contributed by atoms with Gasteiger partial charge in [0.15, 0.2) is 5.76 Å². The van der Waals surface area contributed by atoms with E-state index in [1.807, 2.05) is 6.07 Å². The van der Waals surface area contributed by atoms with Crippen molar-refractivity contribution in [2.24, 2.45) is 5.14 Å². The first-order valence-corrected chi connectivity index (χ1v) is 8.66. The molecular formula is C15H18ClN3O4S. The van der Waals surface area contributed by atoms with Crippen molar-refractivity contribution in [1.82, 2.24) is 0 Å². The molecule has 1 aromatic heterocycles. The van der Waals surface area contributed by atoms with E-state index in [-0.39, 0.29) is 28.8 Å². The van der Waals surface area contributed by atoms with E-state index in [9.17, 15) is 13.2 Å². The lowest BCUT2D eigenvalue weighted by molar-refractivity contribution is 0.0957. The minimum atomic E-state index is -3.93. The van der Waals surface area contributed by atoms with Crippen molar-refractivity contribution in [3.8, 4) is 0 Å². The SMILES string of the molecule is Cc1oc(C(=O)N2CCCc3c(N)cccc32)cc1S(N)(=O)=O.Cl. The highest BCUT2D eigenvalue weighted by atomic mass is 35.5. The van der Waals surface area contributed by atoms with E-state index in [0.29, 0.717) is 12.2 Å². The van der Waals surface area contributed by atoms with E-state index in [1.54, 1.807) is 17.0 Å². The Labute approximate surface area is 146 Å². The van der Waals surface area contributed by atoms with Crippen LogP contribution in [-0.2, 0) is 16.4 Å². The summed E-state index contributed by atoms with van der Waals surface area (Å²) >= 11 is 0. The Balaban J connectivity index is 0.00000208. The highest BCUT2D eigenvalue weighted by molar-refractivity contribution is 7.89. The number of hydrogen-bond donors (Lipinski definition) is 2. The van der Waals surface area contributed by atoms with E-state index in [4.69, 9.17) is 15.3 Å². The number of nitrogens with zero attached hydrogens (tertiary/aromatic N) is 1. The number of rotatable bonds is 2. The Kier molecular flexibility index (Phi) is 4.93. The molecule has 1 aromatic carbocycles. The summed E-state index contributed by atoms with van der Waals surface area (Å²) in [5.41, 5.74) is 8.26. The minimum absolute atomic E-state index is 0. The molecule has 0 radical (unpaired) electrons. The molecular weight excluding hydrogens is 354 g/mol. The number of anilines is 2. The lowest BCUT2D eigenvalue weighted by atomic mass is 9.99. The zero-order valence-corrected chi connectivity index (χ0v) is 14.6. The molecule has 0 atom stereocenters. The molecule has 0 bridgehead atoms. The molecule has 1 amide bonds. The number of nitrogens with two attached hydrogens (primary N) is 2. The fourth-order valence-corrected chi connectivity index (χ4v) is 3.56. The van der Waals surface area contributed by atoms with Crippen molar-refractivity contribution < 1.29 is 17.6 Å². The van der Waals surface area contributed by atoms with Crippen LogP contribution >= 0.6 is 12.4 Å². The fraction of sp³-hybridized carbons (Fsp3) is 0.267. The number of carbonyl (C=O) groups is 1. The average molecular weight is 372 g/mol. The molecule has 4 N–H and O–H groups in total. The van der Waals surface area contributed by atoms with Crippen molar-refractivity contribution in [3.63, 3.8) is 0 Å². The Morgan fingerprint density at radius 1 is 1.33 bits per heavy atom. The molecule has 2 heterocycles. The van der Waals surface area contributed by atoms with Crippen LogP contribution in [0.2, 0.25) is 0 Å². The molecule has 0 saturated heterocycles. The fourth-order valence-electron chi connectivity index (χ4n) is 2.85. The van der Waals surface area contributed by atoms with Crippen molar-refractivity contribution in [2.45, 2.75) is 24.7 Å². The second-order valence-corrected chi connectivity index (χ2v) is 7.01. The van der Waals surface area contributed by atoms with Crippen LogP contribution in [0.15, 0.2) is 33.6 Å². The number of amides is 1. The summed E-state index contributed by atoms with van der Waals surface area (Å²) in [5.74, 6) is -0.364. The van der Waals surface area contributed by atoms with Crippen LogP contribution in [0.25, 0.3) is 0 Å². The van der Waals surface area contributed by atoms with Gasteiger partial charge in [-0.15, -0.1) is 12.4 Å². The van der Waals surface area contributed by atoms with Gasteiger partial charge in [0, 0.05) is 24.0 Å². The van der Waals surface area contributed by atoms with Crippen LogP contribution in [-0.4, -0.2) is 20.9 Å². The van der Waals surface area contributed by atoms with Crippen molar-refractivity contribution in [3.05, 3.63) is 41.3 Å². The third-order valence-electron chi connectivity index (χ3n) is 3.92. The van der Waals surface area contributed by atoms with Gasteiger partial charge in [0.05, 0.1) is 0 Å². The molecule has 0 saturated carbocycles. The second-order valence-electron chi connectivity index (χ2n) is 5.48. The van der Waals surface area contributed by atoms with Gasteiger partial charge < -0.3 is 15.1 Å². The number of carbonyl (C=O) groups excluding carboxylic acids is 1. The first-order chi connectivity index (χ1) is 10.8. The lowest BCUT2D eigenvalue weighted by Gasteiger charge is -2.29. The third-order valence-corrected chi connectivity index (χ3v) is 4.94. The zero-order chi connectivity index (χ0) is 16.8. The van der Waals surface area contributed by atoms with Gasteiger partial charge in [0.25, 0.3) is 5.91 Å². The number of fused-ring (bicyclic) bond motifs is 1. The van der Waals surface area contributed by atoms with E-state index in [0.717, 1.165) is 24.1 Å². The molecule has 3 rings (SSSR count). The average Bonchev–Trinajstić information content (AvgIpc) is 2.89. The second kappa shape index (κ2) is 6.46. The molecule has 24 heavy (non-hydrogen) atoms. The van der Waals surface area contributed by atoms with Crippen LogP contribution in [0, 0.1) is 6.92 Å². The predicted molar refractivity (Wildman–Crippen MR) is 92.9 cm³/mol. The van der Waals surface area contributed by atoms with Gasteiger partial charge in [-0.3, -0.25) is 4.79 Å². The maximum atomic E-state index is 12.7. The summed E-state index contributed by atoms with van der Waals surface area (Å²) in [5, 5.41) is 5.12. The Morgan fingerprint density at radius 2 is 2.04 bits per heavy atom. The molecule has 0 spiro atoms. The topological polar surface area (TPSA) is 120 Å². The zero-order valence-electron chi connectivity index (χ0n) is 13.0. The van der Waals surface area contributed by atoms with Crippen LogP contribution in [0.4, 0.5) is 11.4 Å². The number of primary sulfonamides is 1. The number of sulfonamides is 1. The first-order valence-electron chi connectivity index (χ1n) is 7.11. The van der Waals surface area contributed by atoms with Crippen LogP contribution in [0.3, 0.4) is 0 Å². The lowest BCUT2D eigenvalue weighted by Crippen LogP contribution is -2.35. The molecule has 1 aliphatic rings. The van der Waals surface area contributed by atoms with Gasteiger partial charge in [-0.05, 0) is 37.5 Å². The molecule has 1 aliphatic heterocycles. The Morgan fingerprint density at radius 3 is 2.67 bits per heavy atom. The largest absolute Gasteiger partial charge is 0.455 e. The van der Waals surface area contributed by atoms with Crippen LogP contribution < -0.4 is 15.8 Å². The first kappa shape index (κ1) is 18.3. The quantitative estimate of drug-likeness (QED) is 0.780. The number of furan rings is 1. The number of nitrogen functional groups attached to an aromatic ring is 1. The van der Waals surface area contributed by atoms with Crippen LogP contribution in [0.1, 0.15) is 28.3 Å². The van der Waals surface area contributed by atoms with Gasteiger partial charge in [-0.25, -0.2) is 13.6 Å². The number of benzene rings is 1. The number of halogens is 1. The molecule has 0 fully saturated rings. The van der Waals surface area contributed by atoms with Gasteiger partial charge in [-0.1, -0.05) is 6.07 Å². The highest BCUT2D eigenvalue weighted by Gasteiger charge is 2.28. The smallest absolute Gasteiger partial charge is 0.294 e. The molecule has 130 valence electrons. The standard InChI is InChI=1S/C15H17N3O4S.ClH/c1-9-14(23(17,20)21)8-13(22-9)15(19)18-7-3-4-10-11(16)5-2-6-12(10)18;/h2,5-6,8H,3-4,7,16H2,1H3,(H2,17,20,21);1H. The molecule has 7 nitrogen and oxygen atoms in total. The summed E-state index contributed by atoms with van der Waals surface area (Å²) in [6.07, 6.45) is 1.57. The van der Waals surface area contributed by atoms with Crippen molar-refractivity contribution in [2.75, 3.05) is 17.2 Å². The Bertz CT molecular complexity index is 892. The molecule has 0 aliphatic carbocycles. The highest BCUT2D eigenvalue weighted by Crippen LogP contribution is 2.33. The van der Waals surface area contributed by atoms with E-state index in [1.165, 1.54) is 13.0 Å². The van der Waals surface area contributed by atoms with Gasteiger partial charge in [0.2, 0.25) is 10.0 Å². The Hall–Kier alpha value is -2.03. The summed E-state index contributed by atoms with van der Waals surface area (Å²) in [4.78, 5) is 14.1. The third kappa shape index (κ3) is 3.12. The normalized spacial score (nSPS) is 14.0. The summed E-state index contributed by atoms with van der Waals surface area (Å²) in [6.45, 7) is 1.97. The minimum Gasteiger partial charge on any atom is -0.455 e. The monoisotopic (exact) mass is 371 g/mol. The maximum absolute atomic E-state index is 12.7. The maximum Gasteiger partial charge on any atom is 0.294 e. The summed E-state index contributed by atoms with van der Waals surface area (Å²) in [6, 6.07) is 6.57. The summed E-state index contributed by atoms with van der Waals surface area (Å²) in [7, 11) is -3.93. The van der Waals surface area contributed by atoms with Gasteiger partial charge >= 0.3 is 0 Å². The molecule has 9 heteroatoms. The molecule has 2 aromatic rings. The summed E-state index contributed by atoms with van der Waals surface area (Å²) < 4.78 is 28.3. The van der Waals surface area contributed by atoms with Crippen molar-refractivity contribution in [1.29, 1.82) is 0 Å². The van der Waals surface area contributed by atoms with E-state index >= 15 is 0 Å². The molecule has 0 unspecified atom stereocenters. The predicted octanol–water partition coefficient (Wildman–Crippen LogP) is 1.83.